The van der Waals surface area contributed by atoms with Crippen LogP contribution in [0.5, 0.6) is 0 Å². The number of hydrogen-bond acceptors (Lipinski definition) is 2. The Morgan fingerprint density at radius 1 is 1.21 bits per heavy atom. The molecule has 0 spiro atoms. The summed E-state index contributed by atoms with van der Waals surface area (Å²) in [7, 11) is 0. The van der Waals surface area contributed by atoms with Crippen LogP contribution in [-0.4, -0.2) is 13.1 Å². The third-order valence-electron chi connectivity index (χ3n) is 3.04. The third-order valence-corrected chi connectivity index (χ3v) is 4.53. The molecule has 2 rings (SSSR count). The first kappa shape index (κ1) is 14.9. The summed E-state index contributed by atoms with van der Waals surface area (Å²) in [6.45, 7) is 4.05. The summed E-state index contributed by atoms with van der Waals surface area (Å²) in [4.78, 5) is 1.31. The molecule has 102 valence electrons. The summed E-state index contributed by atoms with van der Waals surface area (Å²) >= 11 is 13.7. The molecule has 1 aromatic heterocycles. The van der Waals surface area contributed by atoms with Crippen LogP contribution in [0, 0.1) is 0 Å². The lowest BCUT2D eigenvalue weighted by Crippen LogP contribution is -2.22. The van der Waals surface area contributed by atoms with Crippen molar-refractivity contribution in [3.05, 3.63) is 56.2 Å². The summed E-state index contributed by atoms with van der Waals surface area (Å²) in [5, 5.41) is 4.22. The van der Waals surface area contributed by atoms with Crippen molar-refractivity contribution in [2.75, 3.05) is 13.1 Å². The molecular formula is C15H17Cl2NS. The van der Waals surface area contributed by atoms with E-state index in [-0.39, 0.29) is 0 Å². The second-order valence-corrected chi connectivity index (χ2v) is 6.71. The van der Waals surface area contributed by atoms with Crippen LogP contribution in [0.25, 0.3) is 0 Å². The van der Waals surface area contributed by atoms with Crippen LogP contribution in [0.3, 0.4) is 0 Å². The smallest absolute Gasteiger partial charge is 0.0931 e. The van der Waals surface area contributed by atoms with Crippen LogP contribution in [0.4, 0.5) is 0 Å². The highest BCUT2D eigenvalue weighted by Crippen LogP contribution is 2.28. The molecule has 0 fully saturated rings. The molecule has 2 aromatic rings. The number of nitrogens with one attached hydrogen (secondary N) is 1. The van der Waals surface area contributed by atoms with Gasteiger partial charge in [0.25, 0.3) is 0 Å². The molecule has 0 saturated carbocycles. The summed E-state index contributed by atoms with van der Waals surface area (Å²) in [6.07, 6.45) is 0.991. The lowest BCUT2D eigenvalue weighted by atomic mass is 9.95. The van der Waals surface area contributed by atoms with Crippen molar-refractivity contribution in [3.8, 4) is 0 Å². The number of thiophene rings is 1. The molecule has 19 heavy (non-hydrogen) atoms. The first-order valence-corrected chi connectivity index (χ1v) is 7.96. The van der Waals surface area contributed by atoms with Crippen molar-refractivity contribution in [3.63, 3.8) is 0 Å². The summed E-state index contributed by atoms with van der Waals surface area (Å²) in [6, 6.07) is 12.2. The highest BCUT2D eigenvalue weighted by molar-refractivity contribution is 7.16. The van der Waals surface area contributed by atoms with Crippen LogP contribution in [0.1, 0.15) is 23.3 Å². The van der Waals surface area contributed by atoms with E-state index in [1.807, 2.05) is 18.2 Å². The molecule has 0 bridgehead atoms. The number of benzene rings is 1. The molecule has 1 atom stereocenters. The van der Waals surface area contributed by atoms with Gasteiger partial charge in [-0.05, 0) is 42.8 Å². The monoisotopic (exact) mass is 313 g/mol. The summed E-state index contributed by atoms with van der Waals surface area (Å²) < 4.78 is 0.850. The van der Waals surface area contributed by atoms with E-state index in [9.17, 15) is 0 Å². The van der Waals surface area contributed by atoms with Gasteiger partial charge in [-0.3, -0.25) is 0 Å². The zero-order valence-corrected chi connectivity index (χ0v) is 13.2. The molecule has 0 saturated heterocycles. The molecule has 1 heterocycles. The first-order valence-electron chi connectivity index (χ1n) is 6.39. The topological polar surface area (TPSA) is 12.0 Å². The van der Waals surface area contributed by atoms with Gasteiger partial charge < -0.3 is 5.32 Å². The standard InChI is InChI=1S/C15H17Cl2NS/c1-2-18-10-12(9-14-6-7-15(17)19-14)11-4-3-5-13(16)8-11/h3-8,12,18H,2,9-10H2,1H3. The summed E-state index contributed by atoms with van der Waals surface area (Å²) in [5.41, 5.74) is 1.28. The molecule has 0 aliphatic rings. The third kappa shape index (κ3) is 4.50. The molecule has 0 aliphatic heterocycles. The Balaban J connectivity index is 2.15. The second kappa shape index (κ2) is 7.30. The Bertz CT molecular complexity index is 524. The maximum Gasteiger partial charge on any atom is 0.0931 e. The SMILES string of the molecule is CCNCC(Cc1ccc(Cl)s1)c1cccc(Cl)c1. The van der Waals surface area contributed by atoms with Crippen molar-refractivity contribution in [2.45, 2.75) is 19.3 Å². The summed E-state index contributed by atoms with van der Waals surface area (Å²) in [5.74, 6) is 0.424. The highest BCUT2D eigenvalue weighted by atomic mass is 35.5. The lowest BCUT2D eigenvalue weighted by Gasteiger charge is -2.17. The van der Waals surface area contributed by atoms with Crippen molar-refractivity contribution in [1.29, 1.82) is 0 Å². The maximum absolute atomic E-state index is 6.09. The number of hydrogen-bond donors (Lipinski definition) is 1. The molecule has 1 unspecified atom stereocenters. The first-order chi connectivity index (χ1) is 9.19. The van der Waals surface area contributed by atoms with Crippen molar-refractivity contribution >= 4 is 34.5 Å². The molecule has 0 radical (unpaired) electrons. The Morgan fingerprint density at radius 3 is 2.68 bits per heavy atom. The van der Waals surface area contributed by atoms with E-state index in [4.69, 9.17) is 23.2 Å². The van der Waals surface area contributed by atoms with Gasteiger partial charge in [-0.25, -0.2) is 0 Å². The zero-order chi connectivity index (χ0) is 13.7. The van der Waals surface area contributed by atoms with Gasteiger partial charge in [0, 0.05) is 22.4 Å². The Morgan fingerprint density at radius 2 is 2.05 bits per heavy atom. The minimum absolute atomic E-state index is 0.424. The molecule has 1 aromatic carbocycles. The minimum atomic E-state index is 0.424. The van der Waals surface area contributed by atoms with Gasteiger partial charge in [0.1, 0.15) is 0 Å². The zero-order valence-electron chi connectivity index (χ0n) is 10.8. The predicted octanol–water partition coefficient (Wildman–Crippen LogP) is 4.99. The largest absolute Gasteiger partial charge is 0.316 e. The average Bonchev–Trinajstić information content (AvgIpc) is 2.80. The van der Waals surface area contributed by atoms with Gasteiger partial charge >= 0.3 is 0 Å². The van der Waals surface area contributed by atoms with E-state index in [0.29, 0.717) is 5.92 Å². The van der Waals surface area contributed by atoms with Crippen LogP contribution in [0.2, 0.25) is 9.36 Å². The number of likely N-dealkylation sites (N-methyl/N-ethyl adjacent to an activating group) is 1. The van der Waals surface area contributed by atoms with Gasteiger partial charge in [0.05, 0.1) is 4.34 Å². The van der Waals surface area contributed by atoms with E-state index in [1.165, 1.54) is 10.4 Å². The van der Waals surface area contributed by atoms with Gasteiger partial charge in [-0.1, -0.05) is 42.3 Å². The molecule has 0 aliphatic carbocycles. The Hall–Kier alpha value is -0.540. The quantitative estimate of drug-likeness (QED) is 0.792. The van der Waals surface area contributed by atoms with Crippen molar-refractivity contribution < 1.29 is 0 Å². The predicted molar refractivity (Wildman–Crippen MR) is 85.8 cm³/mol. The number of halogens is 2. The van der Waals surface area contributed by atoms with Crippen LogP contribution in [-0.2, 0) is 6.42 Å². The molecular weight excluding hydrogens is 297 g/mol. The highest BCUT2D eigenvalue weighted by Gasteiger charge is 2.13. The fourth-order valence-corrected chi connectivity index (χ4v) is 3.46. The van der Waals surface area contributed by atoms with Crippen molar-refractivity contribution in [1.82, 2.24) is 5.32 Å². The normalized spacial score (nSPS) is 12.6. The number of rotatable bonds is 6. The van der Waals surface area contributed by atoms with E-state index in [2.05, 4.69) is 30.4 Å². The van der Waals surface area contributed by atoms with Crippen LogP contribution >= 0.6 is 34.5 Å². The maximum atomic E-state index is 6.09. The molecule has 0 amide bonds. The average molecular weight is 314 g/mol. The van der Waals surface area contributed by atoms with E-state index < -0.39 is 0 Å². The second-order valence-electron chi connectivity index (χ2n) is 4.47. The molecule has 1 N–H and O–H groups in total. The van der Waals surface area contributed by atoms with Gasteiger partial charge in [-0.15, -0.1) is 11.3 Å². The minimum Gasteiger partial charge on any atom is -0.316 e. The Labute approximate surface area is 128 Å². The van der Waals surface area contributed by atoms with Crippen LogP contribution < -0.4 is 5.32 Å². The fraction of sp³-hybridized carbons (Fsp3) is 0.333. The van der Waals surface area contributed by atoms with E-state index >= 15 is 0 Å². The molecule has 4 heteroatoms. The van der Waals surface area contributed by atoms with Crippen molar-refractivity contribution in [2.24, 2.45) is 0 Å². The van der Waals surface area contributed by atoms with E-state index in [1.54, 1.807) is 11.3 Å². The van der Waals surface area contributed by atoms with Crippen LogP contribution in [0.15, 0.2) is 36.4 Å². The van der Waals surface area contributed by atoms with Gasteiger partial charge in [0.15, 0.2) is 0 Å². The van der Waals surface area contributed by atoms with E-state index in [0.717, 1.165) is 28.9 Å². The fourth-order valence-electron chi connectivity index (χ4n) is 2.09. The van der Waals surface area contributed by atoms with Gasteiger partial charge in [0.2, 0.25) is 0 Å². The molecule has 1 nitrogen and oxygen atoms in total. The van der Waals surface area contributed by atoms with Gasteiger partial charge in [-0.2, -0.15) is 0 Å². The lowest BCUT2D eigenvalue weighted by molar-refractivity contribution is 0.598. The Kier molecular flexibility index (Phi) is 5.71.